The summed E-state index contributed by atoms with van der Waals surface area (Å²) < 4.78 is 15.9. The molecule has 6 heteroatoms. The van der Waals surface area contributed by atoms with Gasteiger partial charge in [-0.1, -0.05) is 48.0 Å². The van der Waals surface area contributed by atoms with Gasteiger partial charge in [0.1, 0.15) is 0 Å². The third-order valence-corrected chi connectivity index (χ3v) is 4.84. The summed E-state index contributed by atoms with van der Waals surface area (Å²) in [5, 5.41) is 0. The number of esters is 2. The lowest BCUT2D eigenvalue weighted by Crippen LogP contribution is -2.51. The number of nitrogens with zero attached hydrogens (tertiary/aromatic N) is 1. The van der Waals surface area contributed by atoms with Crippen molar-refractivity contribution in [2.45, 2.75) is 18.8 Å². The number of para-hydroxylation sites is 1. The zero-order valence-electron chi connectivity index (χ0n) is 16.3. The molecule has 0 radical (unpaired) electrons. The predicted molar refractivity (Wildman–Crippen MR) is 106 cm³/mol. The number of benzene rings is 2. The highest BCUT2D eigenvalue weighted by Crippen LogP contribution is 2.41. The maximum atomic E-state index is 12.8. The zero-order chi connectivity index (χ0) is 20.3. The highest BCUT2D eigenvalue weighted by Gasteiger charge is 2.59. The Morgan fingerprint density at radius 3 is 2.07 bits per heavy atom. The molecular weight excluding hydrogens is 358 g/mol. The molecule has 1 heterocycles. The van der Waals surface area contributed by atoms with Crippen molar-refractivity contribution in [2.24, 2.45) is 0 Å². The van der Waals surface area contributed by atoms with E-state index in [1.54, 1.807) is 6.08 Å². The second-order valence-electron chi connectivity index (χ2n) is 6.57. The first-order valence-corrected chi connectivity index (χ1v) is 8.86. The summed E-state index contributed by atoms with van der Waals surface area (Å²) in [7, 11) is 4.27. The number of anilines is 1. The van der Waals surface area contributed by atoms with Gasteiger partial charge >= 0.3 is 11.9 Å². The summed E-state index contributed by atoms with van der Waals surface area (Å²) >= 11 is 0. The van der Waals surface area contributed by atoms with Gasteiger partial charge in [0.05, 0.1) is 14.2 Å². The van der Waals surface area contributed by atoms with E-state index in [4.69, 9.17) is 14.2 Å². The van der Waals surface area contributed by atoms with Crippen molar-refractivity contribution >= 4 is 23.2 Å². The molecule has 1 aliphatic rings. The summed E-state index contributed by atoms with van der Waals surface area (Å²) in [6.07, 6.45) is 1.09. The SMILES string of the molecule is COC(=O)C1(C(=O)OC)OC(N(C)c2ccccc2)C=C1c1ccc(C)cc1. The molecule has 0 saturated carbocycles. The Hall–Kier alpha value is -3.12. The topological polar surface area (TPSA) is 65.1 Å². The minimum Gasteiger partial charge on any atom is -0.466 e. The molecule has 1 aliphatic heterocycles. The molecule has 0 N–H and O–H groups in total. The number of carbonyl (C=O) groups is 2. The third kappa shape index (κ3) is 3.27. The molecule has 6 nitrogen and oxygen atoms in total. The highest BCUT2D eigenvalue weighted by molar-refractivity contribution is 6.17. The lowest BCUT2D eigenvalue weighted by molar-refractivity contribution is -0.180. The highest BCUT2D eigenvalue weighted by atomic mass is 16.6. The minimum atomic E-state index is -1.99. The zero-order valence-corrected chi connectivity index (χ0v) is 16.3. The second kappa shape index (κ2) is 7.86. The van der Waals surface area contributed by atoms with Gasteiger partial charge in [0, 0.05) is 18.3 Å². The van der Waals surface area contributed by atoms with Crippen LogP contribution in [0.1, 0.15) is 11.1 Å². The number of carbonyl (C=O) groups excluding carboxylic acids is 2. The molecule has 2 aromatic rings. The lowest BCUT2D eigenvalue weighted by atomic mass is 9.88. The fourth-order valence-electron chi connectivity index (χ4n) is 3.26. The average Bonchev–Trinajstić information content (AvgIpc) is 3.15. The van der Waals surface area contributed by atoms with E-state index in [-0.39, 0.29) is 0 Å². The van der Waals surface area contributed by atoms with E-state index in [0.717, 1.165) is 11.3 Å². The number of hydrogen-bond donors (Lipinski definition) is 0. The molecule has 1 atom stereocenters. The molecule has 146 valence electrons. The van der Waals surface area contributed by atoms with E-state index in [9.17, 15) is 9.59 Å². The average molecular weight is 381 g/mol. The number of aryl methyl sites for hydroxylation is 1. The fraction of sp³-hybridized carbons (Fsp3) is 0.273. The largest absolute Gasteiger partial charge is 0.466 e. The van der Waals surface area contributed by atoms with Crippen molar-refractivity contribution in [3.63, 3.8) is 0 Å². The van der Waals surface area contributed by atoms with Crippen molar-refractivity contribution in [3.05, 3.63) is 71.8 Å². The van der Waals surface area contributed by atoms with Gasteiger partial charge in [-0.05, 0) is 30.7 Å². The lowest BCUT2D eigenvalue weighted by Gasteiger charge is -2.30. The van der Waals surface area contributed by atoms with E-state index < -0.39 is 23.8 Å². The maximum absolute atomic E-state index is 12.8. The van der Waals surface area contributed by atoms with Gasteiger partial charge in [-0.25, -0.2) is 9.59 Å². The molecule has 2 aromatic carbocycles. The molecule has 0 bridgehead atoms. The maximum Gasteiger partial charge on any atom is 0.354 e. The molecule has 28 heavy (non-hydrogen) atoms. The first-order valence-electron chi connectivity index (χ1n) is 8.86. The number of methoxy groups -OCH3 is 2. The number of hydrogen-bond acceptors (Lipinski definition) is 6. The summed E-state index contributed by atoms with van der Waals surface area (Å²) in [6.45, 7) is 1.96. The van der Waals surface area contributed by atoms with E-state index in [1.807, 2.05) is 73.5 Å². The van der Waals surface area contributed by atoms with Crippen LogP contribution in [0.5, 0.6) is 0 Å². The van der Waals surface area contributed by atoms with Gasteiger partial charge in [0.2, 0.25) is 0 Å². The number of rotatable bonds is 5. The molecule has 0 spiro atoms. The summed E-state index contributed by atoms with van der Waals surface area (Å²) in [6, 6.07) is 17.0. The smallest absolute Gasteiger partial charge is 0.354 e. The van der Waals surface area contributed by atoms with Crippen LogP contribution in [0, 0.1) is 6.92 Å². The first kappa shape index (κ1) is 19.6. The molecule has 0 saturated heterocycles. The minimum absolute atomic E-state index is 0.402. The van der Waals surface area contributed by atoms with E-state index in [2.05, 4.69) is 0 Å². The third-order valence-electron chi connectivity index (χ3n) is 4.84. The van der Waals surface area contributed by atoms with E-state index in [1.165, 1.54) is 14.2 Å². The molecule has 0 amide bonds. The molecule has 0 aliphatic carbocycles. The van der Waals surface area contributed by atoms with Crippen molar-refractivity contribution < 1.29 is 23.8 Å². The Bertz CT molecular complexity index is 873. The van der Waals surface area contributed by atoms with Gasteiger partial charge in [-0.15, -0.1) is 0 Å². The van der Waals surface area contributed by atoms with Crippen LogP contribution >= 0.6 is 0 Å². The van der Waals surface area contributed by atoms with Crippen molar-refractivity contribution in [1.82, 2.24) is 0 Å². The van der Waals surface area contributed by atoms with Crippen LogP contribution in [0.4, 0.5) is 5.69 Å². The van der Waals surface area contributed by atoms with Gasteiger partial charge in [0.25, 0.3) is 5.60 Å². The number of likely N-dealkylation sites (N-methyl/N-ethyl adjacent to an activating group) is 1. The Morgan fingerprint density at radius 2 is 1.54 bits per heavy atom. The van der Waals surface area contributed by atoms with Crippen LogP contribution in [-0.2, 0) is 23.8 Å². The molecule has 0 aromatic heterocycles. The monoisotopic (exact) mass is 381 g/mol. The first-order chi connectivity index (χ1) is 13.4. The van der Waals surface area contributed by atoms with Crippen LogP contribution in [0.3, 0.4) is 0 Å². The molecule has 0 fully saturated rings. The van der Waals surface area contributed by atoms with Crippen LogP contribution in [0.2, 0.25) is 0 Å². The van der Waals surface area contributed by atoms with Gasteiger partial charge in [-0.3, -0.25) is 0 Å². The van der Waals surface area contributed by atoms with Crippen molar-refractivity contribution in [2.75, 3.05) is 26.2 Å². The normalized spacial score (nSPS) is 17.6. The molecular formula is C22H23NO5. The summed E-state index contributed by atoms with van der Waals surface area (Å²) in [4.78, 5) is 27.4. The molecule has 3 rings (SSSR count). The Kier molecular flexibility index (Phi) is 5.51. The Balaban J connectivity index is 2.13. The van der Waals surface area contributed by atoms with Gasteiger partial charge in [0.15, 0.2) is 6.23 Å². The van der Waals surface area contributed by atoms with Gasteiger partial charge < -0.3 is 19.1 Å². The van der Waals surface area contributed by atoms with Crippen LogP contribution in [-0.4, -0.2) is 45.0 Å². The van der Waals surface area contributed by atoms with E-state index in [0.29, 0.717) is 11.1 Å². The summed E-state index contributed by atoms with van der Waals surface area (Å²) in [5.41, 5.74) is 1.02. The fourth-order valence-corrected chi connectivity index (χ4v) is 3.26. The molecule has 1 unspecified atom stereocenters. The van der Waals surface area contributed by atoms with Crippen molar-refractivity contribution in [1.29, 1.82) is 0 Å². The summed E-state index contributed by atoms with van der Waals surface area (Å²) in [5.74, 6) is -1.65. The quantitative estimate of drug-likeness (QED) is 0.586. The van der Waals surface area contributed by atoms with Gasteiger partial charge in [-0.2, -0.15) is 0 Å². The number of ether oxygens (including phenoxy) is 3. The standard InChI is InChI=1S/C22H23NO5/c1-15-10-12-16(13-11-15)18-14-19(23(2)17-8-6-5-7-9-17)28-22(18,20(24)26-3)21(25)27-4/h5-14,19H,1-4H3. The Labute approximate surface area is 164 Å². The Morgan fingerprint density at radius 1 is 0.964 bits per heavy atom. The van der Waals surface area contributed by atoms with Crippen LogP contribution < -0.4 is 4.90 Å². The van der Waals surface area contributed by atoms with Crippen LogP contribution in [0.25, 0.3) is 5.57 Å². The van der Waals surface area contributed by atoms with Crippen molar-refractivity contribution in [3.8, 4) is 0 Å². The second-order valence-corrected chi connectivity index (χ2v) is 6.57. The van der Waals surface area contributed by atoms with Crippen LogP contribution in [0.15, 0.2) is 60.7 Å². The van der Waals surface area contributed by atoms with E-state index >= 15 is 0 Å². The predicted octanol–water partition coefficient (Wildman–Crippen LogP) is 2.96.